The van der Waals surface area contributed by atoms with Crippen LogP contribution < -0.4 is 0 Å². The standard InChI is InChI=1S/C18H29NO10/c1-10(20)19(6)15(8-26-11(2)21)17(28-13(4)23)18(29-14(5)24)16(9-25-7)27-12(3)22/h15-18H,8-9H2,1-7H3/t15-,16+,17+,18+/m0/s1/i8D/t8?,15-,16+,17+,18+. The second-order valence-electron chi connectivity index (χ2n) is 6.12. The fraction of sp³-hybridized carbons (Fsp3) is 0.722. The summed E-state index contributed by atoms with van der Waals surface area (Å²) >= 11 is 0. The van der Waals surface area contributed by atoms with Gasteiger partial charge in [-0.3, -0.25) is 24.0 Å². The Balaban J connectivity index is 6.51. The lowest BCUT2D eigenvalue weighted by molar-refractivity contribution is -0.195. The summed E-state index contributed by atoms with van der Waals surface area (Å²) in [5.74, 6) is -3.78. The predicted octanol–water partition coefficient (Wildman–Crippen LogP) is -0.162. The average molecular weight is 420 g/mol. The number of hydrogen-bond acceptors (Lipinski definition) is 10. The number of amides is 1. The zero-order chi connectivity index (χ0) is 23.6. The molecule has 0 radical (unpaired) electrons. The van der Waals surface area contributed by atoms with Crippen LogP contribution in [0.2, 0.25) is 0 Å². The third kappa shape index (κ3) is 9.88. The van der Waals surface area contributed by atoms with E-state index < -0.39 is 60.7 Å². The van der Waals surface area contributed by atoms with Crippen LogP contribution in [-0.4, -0.2) is 86.4 Å². The van der Waals surface area contributed by atoms with E-state index in [-0.39, 0.29) is 6.61 Å². The van der Waals surface area contributed by atoms with Gasteiger partial charge in [0.2, 0.25) is 5.91 Å². The van der Waals surface area contributed by atoms with Crippen LogP contribution in [0.3, 0.4) is 0 Å². The first kappa shape index (κ1) is 24.3. The molecule has 0 heterocycles. The number of esters is 4. The highest BCUT2D eigenvalue weighted by atomic mass is 16.6. The van der Waals surface area contributed by atoms with Gasteiger partial charge in [-0.15, -0.1) is 0 Å². The first-order chi connectivity index (χ1) is 13.8. The van der Waals surface area contributed by atoms with E-state index >= 15 is 0 Å². The van der Waals surface area contributed by atoms with E-state index in [2.05, 4.69) is 0 Å². The molecule has 0 aliphatic heterocycles. The SMILES string of the molecule is [2H]C(OC(C)=O)[C@@H]([C@@H](OC(C)=O)[C@H](OC(C)=O)[C@@H](COC)OC(C)=O)N(C)C(C)=O. The van der Waals surface area contributed by atoms with Crippen molar-refractivity contribution in [2.45, 2.75) is 59.0 Å². The molecule has 0 aliphatic rings. The van der Waals surface area contributed by atoms with Crippen LogP contribution in [0.5, 0.6) is 0 Å². The lowest BCUT2D eigenvalue weighted by Crippen LogP contribution is -2.58. The van der Waals surface area contributed by atoms with Gasteiger partial charge in [-0.1, -0.05) is 0 Å². The maximum absolute atomic E-state index is 12.0. The van der Waals surface area contributed by atoms with E-state index in [1.54, 1.807) is 0 Å². The summed E-state index contributed by atoms with van der Waals surface area (Å²) in [6, 6.07) is -1.41. The Morgan fingerprint density at radius 1 is 0.828 bits per heavy atom. The van der Waals surface area contributed by atoms with E-state index in [9.17, 15) is 24.0 Å². The van der Waals surface area contributed by atoms with Gasteiger partial charge in [-0.05, 0) is 0 Å². The summed E-state index contributed by atoms with van der Waals surface area (Å²) in [4.78, 5) is 59.6. The molecule has 1 unspecified atom stereocenters. The highest BCUT2D eigenvalue weighted by Gasteiger charge is 2.44. The Morgan fingerprint density at radius 2 is 1.31 bits per heavy atom. The van der Waals surface area contributed by atoms with Crippen LogP contribution >= 0.6 is 0 Å². The minimum atomic E-state index is -1.72. The van der Waals surface area contributed by atoms with Crippen molar-refractivity contribution < 1.29 is 49.0 Å². The molecule has 0 aromatic rings. The summed E-state index contributed by atoms with van der Waals surface area (Å²) in [6.07, 6.45) is -4.28. The molecule has 29 heavy (non-hydrogen) atoms. The molecule has 0 aromatic carbocycles. The number of methoxy groups -OCH3 is 1. The fourth-order valence-corrected chi connectivity index (χ4v) is 2.41. The molecule has 0 aromatic heterocycles. The summed E-state index contributed by atoms with van der Waals surface area (Å²) in [6.45, 7) is 3.50. The molecule has 11 heteroatoms. The van der Waals surface area contributed by atoms with Gasteiger partial charge in [0.25, 0.3) is 0 Å². The minimum Gasteiger partial charge on any atom is -0.464 e. The molecule has 0 saturated heterocycles. The Bertz CT molecular complexity index is 640. The number of likely N-dealkylation sites (N-methyl/N-ethyl adjacent to an activating group) is 1. The Morgan fingerprint density at radius 3 is 1.69 bits per heavy atom. The maximum Gasteiger partial charge on any atom is 0.303 e. The quantitative estimate of drug-likeness (QED) is 0.328. The summed E-state index contributed by atoms with van der Waals surface area (Å²) in [7, 11) is 2.59. The van der Waals surface area contributed by atoms with Gasteiger partial charge in [0.15, 0.2) is 18.3 Å². The first-order valence-electron chi connectivity index (χ1n) is 9.22. The second kappa shape index (κ2) is 12.7. The van der Waals surface area contributed by atoms with Crippen molar-refractivity contribution in [3.8, 4) is 0 Å². The highest BCUT2D eigenvalue weighted by molar-refractivity contribution is 5.74. The molecule has 0 saturated carbocycles. The van der Waals surface area contributed by atoms with Gasteiger partial charge in [-0.2, -0.15) is 0 Å². The van der Waals surface area contributed by atoms with Gasteiger partial charge in [0, 0.05) is 48.8 Å². The molecule has 0 rings (SSSR count). The molecule has 1 amide bonds. The van der Waals surface area contributed by atoms with Crippen molar-refractivity contribution in [1.82, 2.24) is 4.90 Å². The summed E-state index contributed by atoms with van der Waals surface area (Å²) in [5.41, 5.74) is 0. The van der Waals surface area contributed by atoms with Crippen molar-refractivity contribution in [3.05, 3.63) is 0 Å². The summed E-state index contributed by atoms with van der Waals surface area (Å²) < 4.78 is 33.8. The minimum absolute atomic E-state index is 0.262. The van der Waals surface area contributed by atoms with Crippen molar-refractivity contribution in [2.75, 3.05) is 27.3 Å². The molecule has 0 bridgehead atoms. The van der Waals surface area contributed by atoms with Crippen LogP contribution in [0.4, 0.5) is 0 Å². The zero-order valence-corrected chi connectivity index (χ0v) is 17.6. The van der Waals surface area contributed by atoms with E-state index in [1.165, 1.54) is 21.1 Å². The van der Waals surface area contributed by atoms with Crippen molar-refractivity contribution in [2.24, 2.45) is 0 Å². The van der Waals surface area contributed by atoms with E-state index in [0.717, 1.165) is 32.6 Å². The largest absolute Gasteiger partial charge is 0.464 e. The van der Waals surface area contributed by atoms with E-state index in [0.29, 0.717) is 0 Å². The van der Waals surface area contributed by atoms with Crippen molar-refractivity contribution in [1.29, 1.82) is 0 Å². The summed E-state index contributed by atoms with van der Waals surface area (Å²) in [5, 5.41) is 0. The number of carbonyl (C=O) groups excluding carboxylic acids is 5. The number of ether oxygens (including phenoxy) is 5. The van der Waals surface area contributed by atoms with Crippen LogP contribution in [-0.2, 0) is 47.7 Å². The lowest BCUT2D eigenvalue weighted by atomic mass is 9.99. The third-order valence-corrected chi connectivity index (χ3v) is 3.60. The van der Waals surface area contributed by atoms with Gasteiger partial charge < -0.3 is 28.6 Å². The van der Waals surface area contributed by atoms with Gasteiger partial charge >= 0.3 is 23.9 Å². The monoisotopic (exact) mass is 420 g/mol. The molecule has 0 N–H and O–H groups in total. The predicted molar refractivity (Wildman–Crippen MR) is 97.4 cm³/mol. The number of rotatable bonds is 11. The number of nitrogens with zero attached hydrogens (tertiary/aromatic N) is 1. The molecule has 0 aliphatic carbocycles. The topological polar surface area (TPSA) is 135 Å². The van der Waals surface area contributed by atoms with Crippen LogP contribution in [0, 0.1) is 0 Å². The normalized spacial score (nSPS) is 16.2. The second-order valence-corrected chi connectivity index (χ2v) is 6.12. The molecule has 5 atom stereocenters. The Kier molecular flexibility index (Phi) is 10.7. The molecule has 0 spiro atoms. The number of hydrogen-bond donors (Lipinski definition) is 0. The zero-order valence-electron chi connectivity index (χ0n) is 18.6. The highest BCUT2D eigenvalue weighted by Crippen LogP contribution is 2.21. The van der Waals surface area contributed by atoms with Crippen LogP contribution in [0.15, 0.2) is 0 Å². The van der Waals surface area contributed by atoms with Gasteiger partial charge in [-0.25, -0.2) is 0 Å². The average Bonchev–Trinajstić information content (AvgIpc) is 2.57. The third-order valence-electron chi connectivity index (χ3n) is 3.60. The molecular weight excluding hydrogens is 390 g/mol. The smallest absolute Gasteiger partial charge is 0.303 e. The van der Waals surface area contributed by atoms with Crippen LogP contribution in [0.1, 0.15) is 36.0 Å². The molecule has 166 valence electrons. The van der Waals surface area contributed by atoms with Gasteiger partial charge in [0.05, 0.1) is 7.98 Å². The molecule has 0 fully saturated rings. The molecular formula is C18H29NO10. The lowest BCUT2D eigenvalue weighted by Gasteiger charge is -2.38. The fourth-order valence-electron chi connectivity index (χ4n) is 2.41. The van der Waals surface area contributed by atoms with E-state index in [4.69, 9.17) is 25.1 Å². The van der Waals surface area contributed by atoms with Gasteiger partial charge in [0.1, 0.15) is 12.6 Å². The van der Waals surface area contributed by atoms with Crippen molar-refractivity contribution in [3.63, 3.8) is 0 Å². The first-order valence-corrected chi connectivity index (χ1v) is 8.65. The maximum atomic E-state index is 12.0. The Labute approximate surface area is 170 Å². The molecule has 11 nitrogen and oxygen atoms in total. The Hall–Kier alpha value is -2.69. The van der Waals surface area contributed by atoms with E-state index in [1.807, 2.05) is 0 Å². The van der Waals surface area contributed by atoms with Crippen LogP contribution in [0.25, 0.3) is 0 Å². The number of carbonyl (C=O) groups is 5. The van der Waals surface area contributed by atoms with Crippen molar-refractivity contribution >= 4 is 29.8 Å².